The number of nitrogens with zero attached hydrogens (tertiary/aromatic N) is 1. The molecular weight excluding hydrogens is 404 g/mol. The molecule has 1 unspecified atom stereocenters. The van der Waals surface area contributed by atoms with Gasteiger partial charge in [0.1, 0.15) is 0 Å². The number of ether oxygens (including phenoxy) is 2. The lowest BCUT2D eigenvalue weighted by molar-refractivity contribution is -0.384. The van der Waals surface area contributed by atoms with Crippen molar-refractivity contribution in [3.8, 4) is 11.5 Å². The van der Waals surface area contributed by atoms with Gasteiger partial charge in [0.2, 0.25) is 0 Å². The van der Waals surface area contributed by atoms with Crippen LogP contribution in [0.25, 0.3) is 0 Å². The first kappa shape index (κ1) is 19.7. The molecule has 8 heteroatoms. The van der Waals surface area contributed by atoms with Gasteiger partial charge in [0.15, 0.2) is 11.5 Å². The molecule has 0 saturated heterocycles. The molecule has 0 aliphatic heterocycles. The number of methoxy groups -OCH3 is 1. The number of hydrogen-bond acceptors (Lipinski definition) is 5. The standard InChI is InChI=1S/C18H19BrN2O5/c1-4-26-17-15(19)9-13(10-16(17)25-3)18(22)20-11(2)12-6-5-7-14(8-12)21(23)24/h5-11H,4H2,1-3H3,(H,20,22). The molecule has 2 rings (SSSR count). The van der Waals surface area contributed by atoms with Crippen LogP contribution in [0.5, 0.6) is 11.5 Å². The predicted molar refractivity (Wildman–Crippen MR) is 101 cm³/mol. The van der Waals surface area contributed by atoms with Gasteiger partial charge in [-0.3, -0.25) is 14.9 Å². The fourth-order valence-corrected chi connectivity index (χ4v) is 2.96. The van der Waals surface area contributed by atoms with Gasteiger partial charge < -0.3 is 14.8 Å². The van der Waals surface area contributed by atoms with Crippen molar-refractivity contribution in [3.05, 3.63) is 62.1 Å². The topological polar surface area (TPSA) is 90.7 Å². The van der Waals surface area contributed by atoms with Crippen LogP contribution in [0.15, 0.2) is 40.9 Å². The second kappa shape index (κ2) is 8.66. The van der Waals surface area contributed by atoms with E-state index in [0.717, 1.165) is 0 Å². The van der Waals surface area contributed by atoms with Crippen LogP contribution in [0.1, 0.15) is 35.8 Å². The van der Waals surface area contributed by atoms with Crippen LogP contribution in [0.2, 0.25) is 0 Å². The molecule has 0 heterocycles. The number of amides is 1. The maximum atomic E-state index is 12.6. The molecule has 2 aromatic carbocycles. The quantitative estimate of drug-likeness (QED) is 0.531. The van der Waals surface area contributed by atoms with Gasteiger partial charge in [0.25, 0.3) is 11.6 Å². The lowest BCUT2D eigenvalue weighted by Gasteiger charge is -2.16. The Bertz CT molecular complexity index is 825. The van der Waals surface area contributed by atoms with Crippen molar-refractivity contribution in [2.45, 2.75) is 19.9 Å². The minimum Gasteiger partial charge on any atom is -0.493 e. The van der Waals surface area contributed by atoms with Crippen LogP contribution >= 0.6 is 15.9 Å². The largest absolute Gasteiger partial charge is 0.493 e. The van der Waals surface area contributed by atoms with Crippen LogP contribution in [0.3, 0.4) is 0 Å². The van der Waals surface area contributed by atoms with Crippen molar-refractivity contribution in [3.63, 3.8) is 0 Å². The highest BCUT2D eigenvalue weighted by atomic mass is 79.9. The molecule has 26 heavy (non-hydrogen) atoms. The number of carbonyl (C=O) groups is 1. The zero-order valence-electron chi connectivity index (χ0n) is 14.6. The smallest absolute Gasteiger partial charge is 0.269 e. The van der Waals surface area contributed by atoms with Crippen LogP contribution in [0.4, 0.5) is 5.69 Å². The maximum absolute atomic E-state index is 12.6. The molecule has 1 amide bonds. The minimum atomic E-state index is -0.466. The van der Waals surface area contributed by atoms with Crippen molar-refractivity contribution in [2.24, 2.45) is 0 Å². The van der Waals surface area contributed by atoms with E-state index < -0.39 is 11.0 Å². The summed E-state index contributed by atoms with van der Waals surface area (Å²) in [5, 5.41) is 13.7. The molecule has 0 saturated carbocycles. The fourth-order valence-electron chi connectivity index (χ4n) is 2.41. The predicted octanol–water partition coefficient (Wildman–Crippen LogP) is 4.26. The van der Waals surface area contributed by atoms with Gasteiger partial charge in [-0.2, -0.15) is 0 Å². The molecule has 1 N–H and O–H groups in total. The number of nitro benzene ring substituents is 1. The van der Waals surface area contributed by atoms with E-state index in [9.17, 15) is 14.9 Å². The normalized spacial score (nSPS) is 11.5. The van der Waals surface area contributed by atoms with Crippen molar-refractivity contribution in [1.29, 1.82) is 0 Å². The number of nitrogens with one attached hydrogen (secondary N) is 1. The lowest BCUT2D eigenvalue weighted by atomic mass is 10.1. The molecule has 1 atom stereocenters. The van der Waals surface area contributed by atoms with Crippen molar-refractivity contribution >= 4 is 27.5 Å². The first-order chi connectivity index (χ1) is 12.4. The SMILES string of the molecule is CCOc1c(Br)cc(C(=O)NC(C)c2cccc([N+](=O)[O-])c2)cc1OC. The zero-order valence-corrected chi connectivity index (χ0v) is 16.2. The van der Waals surface area contributed by atoms with E-state index in [1.165, 1.54) is 19.2 Å². The number of nitro groups is 1. The molecule has 0 aliphatic rings. The van der Waals surface area contributed by atoms with Gasteiger partial charge in [-0.15, -0.1) is 0 Å². The van der Waals surface area contributed by atoms with E-state index in [1.54, 1.807) is 31.2 Å². The molecule has 0 radical (unpaired) electrons. The molecular formula is C18H19BrN2O5. The molecule has 2 aromatic rings. The molecule has 138 valence electrons. The molecule has 0 aliphatic carbocycles. The van der Waals surface area contributed by atoms with Crippen molar-refractivity contribution in [1.82, 2.24) is 5.32 Å². The number of halogens is 1. The molecule has 0 fully saturated rings. The third-order valence-electron chi connectivity index (χ3n) is 3.71. The molecule has 7 nitrogen and oxygen atoms in total. The van der Waals surface area contributed by atoms with E-state index in [1.807, 2.05) is 6.92 Å². The Balaban J connectivity index is 2.23. The first-order valence-electron chi connectivity index (χ1n) is 7.92. The summed E-state index contributed by atoms with van der Waals surface area (Å²) < 4.78 is 11.4. The summed E-state index contributed by atoms with van der Waals surface area (Å²) in [5.41, 5.74) is 1.01. The molecule has 0 aromatic heterocycles. The second-order valence-corrected chi connectivity index (χ2v) is 6.32. The number of carbonyl (C=O) groups excluding carboxylic acids is 1. The highest BCUT2D eigenvalue weighted by molar-refractivity contribution is 9.10. The average Bonchev–Trinajstić information content (AvgIpc) is 2.63. The summed E-state index contributed by atoms with van der Waals surface area (Å²) in [5.74, 6) is 0.638. The highest BCUT2D eigenvalue weighted by Crippen LogP contribution is 2.36. The third-order valence-corrected chi connectivity index (χ3v) is 4.30. The minimum absolute atomic E-state index is 0.0194. The Hall–Kier alpha value is -2.61. The van der Waals surface area contributed by atoms with E-state index in [4.69, 9.17) is 9.47 Å². The van der Waals surface area contributed by atoms with Gasteiger partial charge in [-0.05, 0) is 47.5 Å². The van der Waals surface area contributed by atoms with E-state index in [0.29, 0.717) is 33.7 Å². The molecule has 0 bridgehead atoms. The average molecular weight is 423 g/mol. The summed E-state index contributed by atoms with van der Waals surface area (Å²) in [6.07, 6.45) is 0. The first-order valence-corrected chi connectivity index (χ1v) is 8.72. The lowest BCUT2D eigenvalue weighted by Crippen LogP contribution is -2.26. The Labute approximate surface area is 159 Å². The van der Waals surface area contributed by atoms with Gasteiger partial charge in [-0.1, -0.05) is 12.1 Å². The number of benzene rings is 2. The summed E-state index contributed by atoms with van der Waals surface area (Å²) in [4.78, 5) is 23.0. The van der Waals surface area contributed by atoms with Crippen molar-refractivity contribution in [2.75, 3.05) is 13.7 Å². The second-order valence-electron chi connectivity index (χ2n) is 5.47. The van der Waals surface area contributed by atoms with Crippen LogP contribution < -0.4 is 14.8 Å². The summed E-state index contributed by atoms with van der Waals surface area (Å²) in [6, 6.07) is 9.00. The van der Waals surface area contributed by atoms with E-state index in [2.05, 4.69) is 21.2 Å². The van der Waals surface area contributed by atoms with Gasteiger partial charge in [0.05, 0.1) is 29.2 Å². The number of non-ortho nitro benzene ring substituents is 1. The van der Waals surface area contributed by atoms with Gasteiger partial charge in [-0.25, -0.2) is 0 Å². The summed E-state index contributed by atoms with van der Waals surface area (Å²) in [6.45, 7) is 4.08. The Morgan fingerprint density at radius 3 is 2.69 bits per heavy atom. The van der Waals surface area contributed by atoms with E-state index in [-0.39, 0.29) is 11.6 Å². The van der Waals surface area contributed by atoms with Gasteiger partial charge >= 0.3 is 0 Å². The maximum Gasteiger partial charge on any atom is 0.269 e. The van der Waals surface area contributed by atoms with Crippen LogP contribution in [0, 0.1) is 10.1 Å². The van der Waals surface area contributed by atoms with Crippen molar-refractivity contribution < 1.29 is 19.2 Å². The Kier molecular flexibility index (Phi) is 6.57. The Morgan fingerprint density at radius 2 is 2.08 bits per heavy atom. The summed E-state index contributed by atoms with van der Waals surface area (Å²) >= 11 is 3.38. The Morgan fingerprint density at radius 1 is 1.35 bits per heavy atom. The third kappa shape index (κ3) is 4.51. The van der Waals surface area contributed by atoms with Crippen LogP contribution in [-0.2, 0) is 0 Å². The fraction of sp³-hybridized carbons (Fsp3) is 0.278. The monoisotopic (exact) mass is 422 g/mol. The summed E-state index contributed by atoms with van der Waals surface area (Å²) in [7, 11) is 1.50. The van der Waals surface area contributed by atoms with Gasteiger partial charge in [0, 0.05) is 17.7 Å². The van der Waals surface area contributed by atoms with E-state index >= 15 is 0 Å². The highest BCUT2D eigenvalue weighted by Gasteiger charge is 2.18. The van der Waals surface area contributed by atoms with Crippen LogP contribution in [-0.4, -0.2) is 24.5 Å². The number of rotatable bonds is 7. The molecule has 0 spiro atoms. The number of hydrogen-bond donors (Lipinski definition) is 1. The zero-order chi connectivity index (χ0) is 19.3.